The Morgan fingerprint density at radius 2 is 2.22 bits per heavy atom. The van der Waals surface area contributed by atoms with Gasteiger partial charge in [-0.2, -0.15) is 0 Å². The van der Waals surface area contributed by atoms with Crippen LogP contribution in [0.25, 0.3) is 16.2 Å². The van der Waals surface area contributed by atoms with E-state index in [0.717, 1.165) is 16.2 Å². The lowest BCUT2D eigenvalue weighted by Crippen LogP contribution is -1.96. The largest absolute Gasteiger partial charge is 0.465 e. The first-order valence-electron chi connectivity index (χ1n) is 5.40. The average Bonchev–Trinajstić information content (AvgIpc) is 3.03. The van der Waals surface area contributed by atoms with Crippen LogP contribution >= 0.6 is 11.3 Å². The zero-order valence-corrected chi connectivity index (χ0v) is 10.5. The van der Waals surface area contributed by atoms with E-state index in [1.807, 2.05) is 41.1 Å². The minimum absolute atomic E-state index is 0.310. The molecule has 18 heavy (non-hydrogen) atoms. The van der Waals surface area contributed by atoms with E-state index in [0.29, 0.717) is 4.88 Å². The normalized spacial score (nSPS) is 10.7. The van der Waals surface area contributed by atoms with Crippen molar-refractivity contribution in [3.05, 3.63) is 47.6 Å². The molecular formula is C13H10N2O2S. The zero-order valence-electron chi connectivity index (χ0n) is 9.66. The van der Waals surface area contributed by atoms with E-state index in [9.17, 15) is 4.79 Å². The molecule has 90 valence electrons. The maximum Gasteiger partial charge on any atom is 0.348 e. The van der Waals surface area contributed by atoms with Gasteiger partial charge in [0, 0.05) is 12.4 Å². The fourth-order valence-electron chi connectivity index (χ4n) is 1.74. The molecule has 0 aliphatic heterocycles. The molecule has 0 atom stereocenters. The van der Waals surface area contributed by atoms with Crippen LogP contribution in [0.4, 0.5) is 0 Å². The summed E-state index contributed by atoms with van der Waals surface area (Å²) in [6.45, 7) is 0. The lowest BCUT2D eigenvalue weighted by Gasteiger charge is -1.91. The molecule has 5 heteroatoms. The third kappa shape index (κ3) is 1.78. The quantitative estimate of drug-likeness (QED) is 0.664. The highest BCUT2D eigenvalue weighted by molar-refractivity contribution is 7.17. The van der Waals surface area contributed by atoms with E-state index in [2.05, 4.69) is 4.98 Å². The Morgan fingerprint density at radius 3 is 3.00 bits per heavy atom. The van der Waals surface area contributed by atoms with Crippen molar-refractivity contribution in [1.29, 1.82) is 0 Å². The van der Waals surface area contributed by atoms with Crippen molar-refractivity contribution in [3.63, 3.8) is 0 Å². The van der Waals surface area contributed by atoms with Crippen LogP contribution in [0.15, 0.2) is 42.7 Å². The van der Waals surface area contributed by atoms with Crippen molar-refractivity contribution >= 4 is 23.0 Å². The Labute approximate surface area is 107 Å². The predicted molar refractivity (Wildman–Crippen MR) is 69.8 cm³/mol. The Morgan fingerprint density at radius 1 is 1.33 bits per heavy atom. The van der Waals surface area contributed by atoms with Crippen LogP contribution in [0.5, 0.6) is 0 Å². The summed E-state index contributed by atoms with van der Waals surface area (Å²) in [4.78, 5) is 17.4. The summed E-state index contributed by atoms with van der Waals surface area (Å²) in [6.07, 6.45) is 3.89. The van der Waals surface area contributed by atoms with Gasteiger partial charge < -0.3 is 9.14 Å². The molecule has 0 fully saturated rings. The van der Waals surface area contributed by atoms with Crippen molar-refractivity contribution in [2.24, 2.45) is 0 Å². The smallest absolute Gasteiger partial charge is 0.348 e. The molecular weight excluding hydrogens is 248 g/mol. The molecule has 3 aromatic heterocycles. The van der Waals surface area contributed by atoms with Gasteiger partial charge in [-0.15, -0.1) is 11.3 Å². The number of carbonyl (C=O) groups excluding carboxylic acids is 1. The maximum absolute atomic E-state index is 11.4. The van der Waals surface area contributed by atoms with Gasteiger partial charge in [-0.05, 0) is 24.3 Å². The number of methoxy groups -OCH3 is 1. The van der Waals surface area contributed by atoms with Gasteiger partial charge in [0.15, 0.2) is 0 Å². The molecule has 4 nitrogen and oxygen atoms in total. The first-order valence-corrected chi connectivity index (χ1v) is 6.22. The number of nitrogens with zero attached hydrogens (tertiary/aromatic N) is 2. The molecule has 0 unspecified atom stereocenters. The second kappa shape index (κ2) is 4.27. The van der Waals surface area contributed by atoms with Crippen LogP contribution in [0.1, 0.15) is 9.67 Å². The van der Waals surface area contributed by atoms with Crippen LogP contribution in [0, 0.1) is 0 Å². The number of fused-ring (bicyclic) bond motifs is 1. The Kier molecular flexibility index (Phi) is 2.60. The molecule has 0 spiro atoms. The van der Waals surface area contributed by atoms with Crippen LogP contribution in [0.2, 0.25) is 0 Å². The third-order valence-corrected chi connectivity index (χ3v) is 3.70. The molecule has 0 aromatic carbocycles. The van der Waals surface area contributed by atoms with Crippen molar-refractivity contribution in [3.8, 4) is 10.6 Å². The molecule has 0 aliphatic rings. The molecule has 0 saturated carbocycles. The second-order valence-electron chi connectivity index (χ2n) is 3.75. The van der Waals surface area contributed by atoms with Gasteiger partial charge in [-0.1, -0.05) is 6.07 Å². The average molecular weight is 258 g/mol. The highest BCUT2D eigenvalue weighted by Crippen LogP contribution is 2.27. The number of thiophene rings is 1. The van der Waals surface area contributed by atoms with Gasteiger partial charge in [0.25, 0.3) is 0 Å². The Hall–Kier alpha value is -2.14. The fraction of sp³-hybridized carbons (Fsp3) is 0.0769. The molecule has 0 amide bonds. The summed E-state index contributed by atoms with van der Waals surface area (Å²) in [5, 5.41) is 0. The topological polar surface area (TPSA) is 43.6 Å². The minimum atomic E-state index is -0.310. The van der Waals surface area contributed by atoms with Crippen molar-refractivity contribution in [2.75, 3.05) is 7.11 Å². The number of pyridine rings is 1. The van der Waals surface area contributed by atoms with Gasteiger partial charge in [0.1, 0.15) is 10.5 Å². The predicted octanol–water partition coefficient (Wildman–Crippen LogP) is 2.85. The molecule has 3 aromatic rings. The van der Waals surface area contributed by atoms with Gasteiger partial charge in [0.2, 0.25) is 0 Å². The van der Waals surface area contributed by atoms with Crippen LogP contribution in [-0.4, -0.2) is 22.5 Å². The number of imidazole rings is 1. The molecule has 0 saturated heterocycles. The van der Waals surface area contributed by atoms with Gasteiger partial charge >= 0.3 is 5.97 Å². The molecule has 0 radical (unpaired) electrons. The summed E-state index contributed by atoms with van der Waals surface area (Å²) in [5.74, 6) is -0.310. The number of carbonyl (C=O) groups is 1. The van der Waals surface area contributed by atoms with Gasteiger partial charge in [0.05, 0.1) is 17.7 Å². The third-order valence-electron chi connectivity index (χ3n) is 2.61. The number of rotatable bonds is 2. The van der Waals surface area contributed by atoms with Crippen molar-refractivity contribution in [1.82, 2.24) is 9.38 Å². The van der Waals surface area contributed by atoms with Gasteiger partial charge in [-0.3, -0.25) is 0 Å². The van der Waals surface area contributed by atoms with Crippen LogP contribution in [-0.2, 0) is 4.74 Å². The van der Waals surface area contributed by atoms with Crippen molar-refractivity contribution < 1.29 is 9.53 Å². The lowest BCUT2D eigenvalue weighted by molar-refractivity contribution is 0.0606. The minimum Gasteiger partial charge on any atom is -0.465 e. The first-order chi connectivity index (χ1) is 8.78. The molecule has 0 N–H and O–H groups in total. The van der Waals surface area contributed by atoms with E-state index in [4.69, 9.17) is 4.74 Å². The summed E-state index contributed by atoms with van der Waals surface area (Å²) in [7, 11) is 1.38. The van der Waals surface area contributed by atoms with Crippen LogP contribution < -0.4 is 0 Å². The molecule has 0 aliphatic carbocycles. The summed E-state index contributed by atoms with van der Waals surface area (Å²) in [5.41, 5.74) is 1.75. The monoisotopic (exact) mass is 258 g/mol. The number of esters is 1. The van der Waals surface area contributed by atoms with Crippen LogP contribution in [0.3, 0.4) is 0 Å². The second-order valence-corrected chi connectivity index (χ2v) is 4.83. The highest BCUT2D eigenvalue weighted by Gasteiger charge is 2.12. The Balaban J connectivity index is 2.03. The highest BCUT2D eigenvalue weighted by atomic mass is 32.1. The summed E-state index contributed by atoms with van der Waals surface area (Å²) >= 11 is 1.38. The molecule has 0 bridgehead atoms. The zero-order chi connectivity index (χ0) is 12.5. The number of aromatic nitrogens is 2. The number of ether oxygens (including phenoxy) is 1. The van der Waals surface area contributed by atoms with E-state index in [1.54, 1.807) is 6.07 Å². The number of hydrogen-bond acceptors (Lipinski definition) is 4. The standard InChI is InChI=1S/C13H10N2O2S/c1-17-13(16)11-6-5-10(18-11)9-8-15-7-3-2-4-12(15)14-9/h2-8H,1H3. The first kappa shape index (κ1) is 11.0. The van der Waals surface area contributed by atoms with E-state index in [-0.39, 0.29) is 5.97 Å². The Bertz CT molecular complexity index is 681. The summed E-state index contributed by atoms with van der Waals surface area (Å²) < 4.78 is 6.64. The van der Waals surface area contributed by atoms with E-state index in [1.165, 1.54) is 18.4 Å². The number of hydrogen-bond donors (Lipinski definition) is 0. The van der Waals surface area contributed by atoms with E-state index >= 15 is 0 Å². The van der Waals surface area contributed by atoms with Gasteiger partial charge in [-0.25, -0.2) is 9.78 Å². The molecule has 3 rings (SSSR count). The maximum atomic E-state index is 11.4. The lowest BCUT2D eigenvalue weighted by atomic mass is 10.3. The molecule has 3 heterocycles. The van der Waals surface area contributed by atoms with Crippen molar-refractivity contribution in [2.45, 2.75) is 0 Å². The summed E-state index contributed by atoms with van der Waals surface area (Å²) in [6, 6.07) is 9.49. The van der Waals surface area contributed by atoms with E-state index < -0.39 is 0 Å². The SMILES string of the molecule is COC(=O)c1ccc(-c2cn3ccccc3n2)s1. The fourth-order valence-corrected chi connectivity index (χ4v) is 2.62.